The summed E-state index contributed by atoms with van der Waals surface area (Å²) >= 11 is 3.94. The Bertz CT molecular complexity index is 1040. The van der Waals surface area contributed by atoms with Crippen LogP contribution in [-0.2, 0) is 35.1 Å². The maximum Gasteiger partial charge on any atom is 0.325 e. The largest absolute Gasteiger partial charge is 0.465 e. The molecule has 5 nitrogen and oxygen atoms in total. The molecule has 1 atom stereocenters. The molecule has 1 saturated heterocycles. The fourth-order valence-corrected chi connectivity index (χ4v) is 6.12. The maximum absolute atomic E-state index is 12.5. The highest BCUT2D eigenvalue weighted by Crippen LogP contribution is 2.39. The molecule has 1 aliphatic carbocycles. The van der Waals surface area contributed by atoms with Gasteiger partial charge in [0.05, 0.1) is 12.2 Å². The van der Waals surface area contributed by atoms with Gasteiger partial charge in [-0.25, -0.2) is 0 Å². The molecule has 2 aliphatic rings. The number of benzene rings is 1. The van der Waals surface area contributed by atoms with Gasteiger partial charge in [0.2, 0.25) is 0 Å². The zero-order chi connectivity index (χ0) is 23.4. The molecule has 0 bridgehead atoms. The standard InChI is InChI=1S/C27H35N3O2S/c1-3-32-25(31)17-30-18(2)22(23(16-28)26(30)19-9-5-4-6-10-19)15-20-11-7-12-21(27(20)33)24-13-8-14-29-24/h7,11-12,19,24,29,33H,3-6,8-10,13-15,17H2,1-2H3/p+1. The third-order valence-corrected chi connectivity index (χ3v) is 7.98. The molecule has 1 aromatic carbocycles. The van der Waals surface area contributed by atoms with Gasteiger partial charge in [-0.05, 0) is 64.3 Å². The zero-order valence-corrected chi connectivity index (χ0v) is 20.9. The molecule has 4 rings (SSSR count). The van der Waals surface area contributed by atoms with Crippen LogP contribution in [0.3, 0.4) is 0 Å². The molecule has 2 fully saturated rings. The van der Waals surface area contributed by atoms with E-state index >= 15 is 0 Å². The van der Waals surface area contributed by atoms with Crippen LogP contribution in [-0.4, -0.2) is 23.7 Å². The first-order valence-corrected chi connectivity index (χ1v) is 12.9. The van der Waals surface area contributed by atoms with Crippen molar-refractivity contribution in [3.05, 3.63) is 51.8 Å². The van der Waals surface area contributed by atoms with Crippen molar-refractivity contribution in [2.45, 2.75) is 88.6 Å². The number of esters is 1. The van der Waals surface area contributed by atoms with Gasteiger partial charge in [0.1, 0.15) is 12.6 Å². The Morgan fingerprint density at radius 3 is 2.70 bits per heavy atom. The molecule has 6 heteroatoms. The van der Waals surface area contributed by atoms with Gasteiger partial charge in [0.25, 0.3) is 0 Å². The van der Waals surface area contributed by atoms with E-state index in [0.29, 0.717) is 25.0 Å². The van der Waals surface area contributed by atoms with Crippen LogP contribution in [0.15, 0.2) is 23.1 Å². The minimum Gasteiger partial charge on any atom is -0.465 e. The lowest BCUT2D eigenvalue weighted by molar-refractivity contribution is -0.143. The molecule has 2 heterocycles. The Morgan fingerprint density at radius 1 is 1.24 bits per heavy atom. The van der Waals surface area contributed by atoms with E-state index in [9.17, 15) is 10.1 Å². The molecule has 0 radical (unpaired) electrons. The minimum absolute atomic E-state index is 0.174. The van der Waals surface area contributed by atoms with E-state index in [0.717, 1.165) is 53.2 Å². The average Bonchev–Trinajstić information content (AvgIpc) is 3.44. The molecule has 1 aromatic heterocycles. The van der Waals surface area contributed by atoms with Crippen LogP contribution in [0.25, 0.3) is 0 Å². The van der Waals surface area contributed by atoms with Crippen molar-refractivity contribution >= 4 is 18.6 Å². The van der Waals surface area contributed by atoms with Crippen LogP contribution in [0.4, 0.5) is 0 Å². The Morgan fingerprint density at radius 2 is 2.03 bits per heavy atom. The fourth-order valence-electron chi connectivity index (χ4n) is 5.69. The van der Waals surface area contributed by atoms with E-state index in [2.05, 4.69) is 53.7 Å². The number of nitrogens with zero attached hydrogens (tertiary/aromatic N) is 2. The van der Waals surface area contributed by atoms with Gasteiger partial charge in [-0.2, -0.15) is 5.26 Å². The highest BCUT2D eigenvalue weighted by atomic mass is 32.1. The Hall–Kier alpha value is -2.23. The van der Waals surface area contributed by atoms with Crippen molar-refractivity contribution in [3.8, 4) is 6.07 Å². The van der Waals surface area contributed by atoms with E-state index in [-0.39, 0.29) is 12.5 Å². The highest BCUT2D eigenvalue weighted by molar-refractivity contribution is 7.59. The number of rotatable bonds is 7. The van der Waals surface area contributed by atoms with Crippen LogP contribution in [0, 0.1) is 18.3 Å². The summed E-state index contributed by atoms with van der Waals surface area (Å²) in [6, 6.07) is 9.36. The lowest BCUT2D eigenvalue weighted by Crippen LogP contribution is -2.19. The number of hydrogen-bond donors (Lipinski definition) is 1. The molecule has 1 unspecified atom stereocenters. The lowest BCUT2D eigenvalue weighted by Gasteiger charge is -2.24. The van der Waals surface area contributed by atoms with E-state index in [1.54, 1.807) is 0 Å². The topological polar surface area (TPSA) is 67.0 Å². The van der Waals surface area contributed by atoms with Crippen LogP contribution in [0.2, 0.25) is 0 Å². The van der Waals surface area contributed by atoms with Crippen molar-refractivity contribution in [3.63, 3.8) is 0 Å². The van der Waals surface area contributed by atoms with E-state index < -0.39 is 0 Å². The zero-order valence-electron chi connectivity index (χ0n) is 19.9. The van der Waals surface area contributed by atoms with E-state index in [1.807, 2.05) is 6.92 Å². The number of aromatic nitrogens is 1. The number of carbonyl (C=O) groups excluding carboxylic acids is 1. The molecule has 2 aromatic rings. The Labute approximate surface area is 202 Å². The summed E-state index contributed by atoms with van der Waals surface area (Å²) in [7, 11) is 0. The van der Waals surface area contributed by atoms with Crippen molar-refractivity contribution < 1.29 is 9.53 Å². The van der Waals surface area contributed by atoms with Crippen LogP contribution in [0.1, 0.15) is 97.5 Å². The molecule has 1 N–H and O–H groups in total. The van der Waals surface area contributed by atoms with Gasteiger partial charge in [0, 0.05) is 40.9 Å². The fraction of sp³-hybridized carbons (Fsp3) is 0.556. The second-order valence-electron chi connectivity index (χ2n) is 9.37. The molecular formula is C27H36N3O2S+. The van der Waals surface area contributed by atoms with E-state index in [1.165, 1.54) is 36.8 Å². The lowest BCUT2D eigenvalue weighted by atomic mass is 9.84. The predicted octanol–water partition coefficient (Wildman–Crippen LogP) is 4.66. The smallest absolute Gasteiger partial charge is 0.325 e. The second kappa shape index (κ2) is 10.8. The molecular weight excluding hydrogens is 430 g/mol. The number of carbonyl (C=O) groups is 1. The van der Waals surface area contributed by atoms with E-state index in [4.69, 9.17) is 4.74 Å². The minimum atomic E-state index is -0.237. The monoisotopic (exact) mass is 466 g/mol. The second-order valence-corrected chi connectivity index (χ2v) is 9.87. The van der Waals surface area contributed by atoms with Gasteiger partial charge in [0.15, 0.2) is 4.90 Å². The summed E-state index contributed by atoms with van der Waals surface area (Å²) < 4.78 is 7.36. The molecule has 1 saturated carbocycles. The maximum atomic E-state index is 12.5. The molecule has 33 heavy (non-hydrogen) atoms. The summed E-state index contributed by atoms with van der Waals surface area (Å²) in [5.41, 5.74) is 6.33. The third kappa shape index (κ3) is 5.00. The predicted molar refractivity (Wildman–Crippen MR) is 134 cm³/mol. The summed E-state index contributed by atoms with van der Waals surface area (Å²) in [6.45, 7) is 5.48. The van der Waals surface area contributed by atoms with Gasteiger partial charge >= 0.3 is 5.97 Å². The van der Waals surface area contributed by atoms with Crippen LogP contribution in [0.5, 0.6) is 0 Å². The van der Waals surface area contributed by atoms with Gasteiger partial charge in [-0.1, -0.05) is 37.5 Å². The molecule has 0 spiro atoms. The normalized spacial score (nSPS) is 18.9. The first kappa shape index (κ1) is 23.9. The van der Waals surface area contributed by atoms with Crippen molar-refractivity contribution in [2.24, 2.45) is 0 Å². The number of nitrogens with one attached hydrogen (secondary N) is 1. The number of nitriles is 1. The summed E-state index contributed by atoms with van der Waals surface area (Å²) in [5, 5.41) is 13.9. The number of ether oxygens (including phenoxy) is 1. The molecule has 1 aliphatic heterocycles. The number of hydrogen-bond acceptors (Lipinski definition) is 4. The first-order valence-electron chi connectivity index (χ1n) is 12.4. The Kier molecular flexibility index (Phi) is 7.82. The van der Waals surface area contributed by atoms with Gasteiger partial charge < -0.3 is 14.6 Å². The Balaban J connectivity index is 1.75. The average molecular weight is 467 g/mol. The van der Waals surface area contributed by atoms with Crippen LogP contribution < -0.4 is 5.32 Å². The summed E-state index contributed by atoms with van der Waals surface area (Å²) in [5.74, 6) is 0.0890. The molecule has 0 amide bonds. The third-order valence-electron chi connectivity index (χ3n) is 7.37. The SMILES string of the molecule is CCOC(=O)Cn1c(C)c(Cc2cccc(C3CCCN3)c2[SH2+])c(C#N)c1C1CCCCC1. The van der Waals surface area contributed by atoms with Crippen molar-refractivity contribution in [1.82, 2.24) is 9.88 Å². The summed E-state index contributed by atoms with van der Waals surface area (Å²) in [6.07, 6.45) is 8.76. The van der Waals surface area contributed by atoms with Gasteiger partial charge in [-0.15, -0.1) is 0 Å². The van der Waals surface area contributed by atoms with Gasteiger partial charge in [-0.3, -0.25) is 4.79 Å². The van der Waals surface area contributed by atoms with Crippen LogP contribution >= 0.6 is 0 Å². The quantitative estimate of drug-likeness (QED) is 0.476. The summed E-state index contributed by atoms with van der Waals surface area (Å²) in [4.78, 5) is 13.6. The first-order chi connectivity index (χ1) is 16.0. The van der Waals surface area contributed by atoms with Crippen molar-refractivity contribution in [1.29, 1.82) is 5.26 Å². The molecule has 176 valence electrons. The van der Waals surface area contributed by atoms with Crippen molar-refractivity contribution in [2.75, 3.05) is 13.2 Å². The highest BCUT2D eigenvalue weighted by Gasteiger charge is 2.30.